The molecule has 196 valence electrons. The maximum absolute atomic E-state index is 13.6. The molecule has 1 aromatic heterocycles. The summed E-state index contributed by atoms with van der Waals surface area (Å²) in [5, 5.41) is 8.01. The number of fused-ring (bicyclic) bond motifs is 2. The molecule has 2 atom stereocenters. The van der Waals surface area contributed by atoms with Gasteiger partial charge in [-0.3, -0.25) is 19.2 Å². The topological polar surface area (TPSA) is 112 Å². The van der Waals surface area contributed by atoms with Gasteiger partial charge in [-0.15, -0.1) is 11.3 Å². The van der Waals surface area contributed by atoms with Crippen LogP contribution in [0.25, 0.3) is 0 Å². The van der Waals surface area contributed by atoms with Gasteiger partial charge >= 0.3 is 6.18 Å². The van der Waals surface area contributed by atoms with E-state index in [9.17, 15) is 32.3 Å². The van der Waals surface area contributed by atoms with Crippen molar-refractivity contribution in [1.82, 2.24) is 25.6 Å². The monoisotopic (exact) mass is 535 g/mol. The van der Waals surface area contributed by atoms with E-state index >= 15 is 0 Å². The Balaban J connectivity index is 1.33. The van der Waals surface area contributed by atoms with Crippen molar-refractivity contribution in [1.29, 1.82) is 0 Å². The molecule has 3 aliphatic rings. The quantitative estimate of drug-likeness (QED) is 0.591. The molecule has 9 nitrogen and oxygen atoms in total. The number of hydrogen-bond donors (Lipinski definition) is 2. The molecule has 1 saturated heterocycles. The van der Waals surface area contributed by atoms with Crippen molar-refractivity contribution in [2.24, 2.45) is 11.3 Å². The van der Waals surface area contributed by atoms with Gasteiger partial charge in [-0.25, -0.2) is 15.0 Å². The first-order valence-corrected chi connectivity index (χ1v) is 12.7. The Hall–Kier alpha value is -3.48. The maximum Gasteiger partial charge on any atom is 0.434 e. The van der Waals surface area contributed by atoms with Gasteiger partial charge < -0.3 is 10.6 Å². The summed E-state index contributed by atoms with van der Waals surface area (Å²) in [6.07, 6.45) is -2.68. The standard InChI is InChI=1S/C24H24F3N5O4S/c1-2-13(9-28-20(34)17-18(24(25,26)27)29-12-37-17)19(33)30-16-14-5-3-4-6-15(14)21(35)31-10-23(7-8-23)11-32(31)22(16)36/h3-6,12-13,16H,2,7-11H2,1H3,(H,28,34)(H,30,33)/t13?,16-/m0/s1. The van der Waals surface area contributed by atoms with Gasteiger partial charge in [-0.2, -0.15) is 13.2 Å². The molecule has 13 heteroatoms. The van der Waals surface area contributed by atoms with Crippen molar-refractivity contribution >= 4 is 35.0 Å². The van der Waals surface area contributed by atoms with Crippen LogP contribution in [0.5, 0.6) is 0 Å². The van der Waals surface area contributed by atoms with E-state index in [0.717, 1.165) is 18.4 Å². The van der Waals surface area contributed by atoms with Crippen molar-refractivity contribution in [3.63, 3.8) is 0 Å². The highest BCUT2D eigenvalue weighted by atomic mass is 32.1. The molecule has 1 spiro atoms. The molecule has 0 radical (unpaired) electrons. The molecule has 1 saturated carbocycles. The minimum absolute atomic E-state index is 0.0890. The van der Waals surface area contributed by atoms with E-state index in [0.29, 0.717) is 35.6 Å². The molecule has 37 heavy (non-hydrogen) atoms. The van der Waals surface area contributed by atoms with Crippen LogP contribution >= 0.6 is 11.3 Å². The molecule has 2 aliphatic heterocycles. The van der Waals surface area contributed by atoms with Crippen LogP contribution in [-0.4, -0.2) is 58.3 Å². The summed E-state index contributed by atoms with van der Waals surface area (Å²) in [4.78, 5) is 55.2. The van der Waals surface area contributed by atoms with Crippen LogP contribution in [-0.2, 0) is 15.8 Å². The average Bonchev–Trinajstić information content (AvgIpc) is 3.28. The Bertz CT molecular complexity index is 1280. The second-order valence-electron chi connectivity index (χ2n) is 9.63. The number of nitrogens with one attached hydrogen (secondary N) is 2. The lowest BCUT2D eigenvalue weighted by molar-refractivity contribution is -0.145. The Kier molecular flexibility index (Phi) is 6.21. The largest absolute Gasteiger partial charge is 0.434 e. The van der Waals surface area contributed by atoms with E-state index in [4.69, 9.17) is 0 Å². The lowest BCUT2D eigenvalue weighted by Gasteiger charge is -2.28. The van der Waals surface area contributed by atoms with E-state index in [1.54, 1.807) is 31.2 Å². The summed E-state index contributed by atoms with van der Waals surface area (Å²) in [5.41, 5.74) is 0.275. The van der Waals surface area contributed by atoms with Crippen molar-refractivity contribution in [2.45, 2.75) is 38.4 Å². The van der Waals surface area contributed by atoms with Crippen LogP contribution in [0.2, 0.25) is 0 Å². The molecule has 3 heterocycles. The fraction of sp³-hybridized carbons (Fsp3) is 0.458. The number of carbonyl (C=O) groups is 4. The zero-order valence-electron chi connectivity index (χ0n) is 19.8. The zero-order chi connectivity index (χ0) is 26.5. The van der Waals surface area contributed by atoms with Gasteiger partial charge in [0.2, 0.25) is 5.91 Å². The number of carbonyl (C=O) groups excluding carboxylic acids is 4. The molecule has 1 aliphatic carbocycles. The highest BCUT2D eigenvalue weighted by molar-refractivity contribution is 7.11. The van der Waals surface area contributed by atoms with Crippen molar-refractivity contribution in [3.05, 3.63) is 51.5 Å². The van der Waals surface area contributed by atoms with Gasteiger partial charge in [-0.1, -0.05) is 25.1 Å². The van der Waals surface area contributed by atoms with Crippen molar-refractivity contribution in [3.8, 4) is 0 Å². The second kappa shape index (κ2) is 9.12. The molecule has 5 rings (SSSR count). The van der Waals surface area contributed by atoms with Crippen LogP contribution in [0.1, 0.15) is 63.5 Å². The molecule has 1 aromatic carbocycles. The normalized spacial score (nSPS) is 20.8. The van der Waals surface area contributed by atoms with Gasteiger partial charge in [0.1, 0.15) is 10.9 Å². The first kappa shape index (κ1) is 25.2. The molecular weight excluding hydrogens is 511 g/mol. The molecule has 2 aromatic rings. The molecular formula is C24H24F3N5O4S. The maximum atomic E-state index is 13.6. The first-order valence-electron chi connectivity index (χ1n) is 11.9. The number of alkyl halides is 3. The number of benzene rings is 1. The second-order valence-corrected chi connectivity index (χ2v) is 10.5. The Labute approximate surface area is 214 Å². The lowest BCUT2D eigenvalue weighted by Crippen LogP contribution is -2.48. The summed E-state index contributed by atoms with van der Waals surface area (Å²) >= 11 is 0.559. The lowest BCUT2D eigenvalue weighted by atomic mass is 9.97. The summed E-state index contributed by atoms with van der Waals surface area (Å²) < 4.78 is 39.3. The Morgan fingerprint density at radius 3 is 2.57 bits per heavy atom. The number of hydrogen-bond acceptors (Lipinski definition) is 6. The van der Waals surface area contributed by atoms with Crippen LogP contribution < -0.4 is 10.6 Å². The Morgan fingerprint density at radius 2 is 1.89 bits per heavy atom. The molecule has 0 bridgehead atoms. The highest BCUT2D eigenvalue weighted by Gasteiger charge is 2.56. The minimum atomic E-state index is -4.78. The third-order valence-corrected chi connectivity index (χ3v) is 7.98. The number of thiazole rings is 1. The first-order chi connectivity index (χ1) is 17.5. The number of hydrazine groups is 1. The predicted molar refractivity (Wildman–Crippen MR) is 125 cm³/mol. The molecule has 1 unspecified atom stereocenters. The smallest absolute Gasteiger partial charge is 0.350 e. The highest BCUT2D eigenvalue weighted by Crippen LogP contribution is 2.52. The summed E-state index contributed by atoms with van der Waals surface area (Å²) in [5.74, 6) is -3.08. The fourth-order valence-corrected chi connectivity index (χ4v) is 5.54. The number of amides is 4. The van der Waals surface area contributed by atoms with Crippen LogP contribution in [0.15, 0.2) is 29.8 Å². The summed E-state index contributed by atoms with van der Waals surface area (Å²) in [6.45, 7) is 2.31. The van der Waals surface area contributed by atoms with Crippen LogP contribution in [0.4, 0.5) is 13.2 Å². The summed E-state index contributed by atoms with van der Waals surface area (Å²) in [6, 6.07) is 5.50. The number of nitrogens with zero attached hydrogens (tertiary/aromatic N) is 3. The van der Waals surface area contributed by atoms with Gasteiger partial charge in [0.25, 0.3) is 17.7 Å². The van der Waals surface area contributed by atoms with Crippen LogP contribution in [0.3, 0.4) is 0 Å². The van der Waals surface area contributed by atoms with Crippen molar-refractivity contribution in [2.75, 3.05) is 19.6 Å². The number of rotatable bonds is 6. The van der Waals surface area contributed by atoms with Crippen molar-refractivity contribution < 1.29 is 32.3 Å². The van der Waals surface area contributed by atoms with Crippen LogP contribution in [0, 0.1) is 11.3 Å². The van der Waals surface area contributed by atoms with Gasteiger partial charge in [-0.05, 0) is 30.9 Å². The molecule has 2 N–H and O–H groups in total. The van der Waals surface area contributed by atoms with E-state index in [1.807, 2.05) is 0 Å². The predicted octanol–water partition coefficient (Wildman–Crippen LogP) is 2.77. The number of halogens is 3. The number of aromatic nitrogens is 1. The third kappa shape index (κ3) is 4.56. The summed E-state index contributed by atoms with van der Waals surface area (Å²) in [7, 11) is 0. The average molecular weight is 536 g/mol. The van der Waals surface area contributed by atoms with E-state index in [2.05, 4.69) is 15.6 Å². The van der Waals surface area contributed by atoms with E-state index in [-0.39, 0.29) is 24.3 Å². The van der Waals surface area contributed by atoms with Gasteiger partial charge in [0, 0.05) is 17.5 Å². The SMILES string of the molecule is CCC(CNC(=O)c1scnc1C(F)(F)F)C(=O)N[C@@H]1C(=O)N2CC3(CC3)CN2C(=O)c2ccccc21. The molecule has 2 fully saturated rings. The molecule has 4 amide bonds. The van der Waals surface area contributed by atoms with E-state index in [1.165, 1.54) is 10.0 Å². The Morgan fingerprint density at radius 1 is 1.19 bits per heavy atom. The van der Waals surface area contributed by atoms with E-state index < -0.39 is 46.4 Å². The van der Waals surface area contributed by atoms with Gasteiger partial charge in [0.05, 0.1) is 24.5 Å². The fourth-order valence-electron chi connectivity index (χ4n) is 4.82. The zero-order valence-corrected chi connectivity index (χ0v) is 20.6. The van der Waals surface area contributed by atoms with Gasteiger partial charge in [0.15, 0.2) is 5.69 Å². The third-order valence-electron chi connectivity index (χ3n) is 7.16. The minimum Gasteiger partial charge on any atom is -0.350 e.